The van der Waals surface area contributed by atoms with Crippen molar-refractivity contribution < 1.29 is 14.2 Å². The van der Waals surface area contributed by atoms with E-state index in [0.717, 1.165) is 32.1 Å². The van der Waals surface area contributed by atoms with E-state index in [0.29, 0.717) is 42.2 Å². The number of hydrogen-bond donors (Lipinski definition) is 0. The SMILES string of the molecule is O=C(C1CCC1)N(CCc1nc(-c2ccc([N+](=O)[O-])cc2)no1)C1CCCCC1. The van der Waals surface area contributed by atoms with Gasteiger partial charge in [0.2, 0.25) is 17.6 Å². The molecule has 0 radical (unpaired) electrons. The maximum atomic E-state index is 13.0. The second-order valence-electron chi connectivity index (χ2n) is 8.02. The monoisotopic (exact) mass is 398 g/mol. The van der Waals surface area contributed by atoms with E-state index < -0.39 is 4.92 Å². The molecule has 29 heavy (non-hydrogen) atoms. The van der Waals surface area contributed by atoms with Crippen molar-refractivity contribution in [1.82, 2.24) is 15.0 Å². The van der Waals surface area contributed by atoms with E-state index in [-0.39, 0.29) is 11.6 Å². The van der Waals surface area contributed by atoms with Crippen molar-refractivity contribution in [2.24, 2.45) is 5.92 Å². The van der Waals surface area contributed by atoms with Crippen molar-refractivity contribution in [2.75, 3.05) is 6.54 Å². The van der Waals surface area contributed by atoms with Gasteiger partial charge in [0, 0.05) is 42.6 Å². The molecule has 2 fully saturated rings. The van der Waals surface area contributed by atoms with Gasteiger partial charge in [-0.25, -0.2) is 0 Å². The van der Waals surface area contributed by atoms with Crippen LogP contribution in [0.5, 0.6) is 0 Å². The van der Waals surface area contributed by atoms with Crippen LogP contribution in [0.3, 0.4) is 0 Å². The molecule has 0 unspecified atom stereocenters. The fourth-order valence-electron chi connectivity index (χ4n) is 4.18. The summed E-state index contributed by atoms with van der Waals surface area (Å²) in [5.74, 6) is 1.37. The van der Waals surface area contributed by atoms with Crippen molar-refractivity contribution in [2.45, 2.75) is 63.8 Å². The van der Waals surface area contributed by atoms with Crippen LogP contribution in [0.2, 0.25) is 0 Å². The van der Waals surface area contributed by atoms with Gasteiger partial charge in [-0.3, -0.25) is 14.9 Å². The van der Waals surface area contributed by atoms with Crippen LogP contribution in [-0.2, 0) is 11.2 Å². The highest BCUT2D eigenvalue weighted by molar-refractivity contribution is 5.80. The Kier molecular flexibility index (Phi) is 5.87. The average Bonchev–Trinajstić information content (AvgIpc) is 3.17. The van der Waals surface area contributed by atoms with Crippen LogP contribution in [0.1, 0.15) is 57.3 Å². The first kappa shape index (κ1) is 19.5. The van der Waals surface area contributed by atoms with Gasteiger partial charge >= 0.3 is 0 Å². The summed E-state index contributed by atoms with van der Waals surface area (Å²) in [6.45, 7) is 0.599. The van der Waals surface area contributed by atoms with Crippen LogP contribution in [0, 0.1) is 16.0 Å². The molecular weight excluding hydrogens is 372 g/mol. The number of non-ortho nitro benzene ring substituents is 1. The van der Waals surface area contributed by atoms with Gasteiger partial charge in [0.15, 0.2) is 0 Å². The fourth-order valence-corrected chi connectivity index (χ4v) is 4.18. The van der Waals surface area contributed by atoms with Gasteiger partial charge in [-0.15, -0.1) is 0 Å². The zero-order valence-electron chi connectivity index (χ0n) is 16.5. The van der Waals surface area contributed by atoms with E-state index in [1.807, 2.05) is 0 Å². The van der Waals surface area contributed by atoms with Gasteiger partial charge in [0.1, 0.15) is 0 Å². The van der Waals surface area contributed by atoms with Gasteiger partial charge in [0.25, 0.3) is 5.69 Å². The molecule has 0 aliphatic heterocycles. The summed E-state index contributed by atoms with van der Waals surface area (Å²) in [6, 6.07) is 6.40. The van der Waals surface area contributed by atoms with E-state index in [1.54, 1.807) is 12.1 Å². The summed E-state index contributed by atoms with van der Waals surface area (Å²) in [5, 5.41) is 14.8. The number of nitro benzene ring substituents is 1. The summed E-state index contributed by atoms with van der Waals surface area (Å²) < 4.78 is 5.38. The topological polar surface area (TPSA) is 102 Å². The molecule has 0 bridgehead atoms. The maximum absolute atomic E-state index is 13.0. The summed E-state index contributed by atoms with van der Waals surface area (Å²) in [5.41, 5.74) is 0.690. The van der Waals surface area contributed by atoms with E-state index in [1.165, 1.54) is 31.4 Å². The van der Waals surface area contributed by atoms with E-state index in [9.17, 15) is 14.9 Å². The number of carbonyl (C=O) groups excluding carboxylic acids is 1. The highest BCUT2D eigenvalue weighted by Gasteiger charge is 2.33. The number of rotatable bonds is 7. The molecule has 4 rings (SSSR count). The van der Waals surface area contributed by atoms with E-state index in [4.69, 9.17) is 4.52 Å². The number of nitrogens with zero attached hydrogens (tertiary/aromatic N) is 4. The fraction of sp³-hybridized carbons (Fsp3) is 0.571. The molecule has 1 aromatic carbocycles. The van der Waals surface area contributed by atoms with Crippen LogP contribution >= 0.6 is 0 Å². The van der Waals surface area contributed by atoms with Crippen LogP contribution in [0.25, 0.3) is 11.4 Å². The molecule has 1 aromatic heterocycles. The van der Waals surface area contributed by atoms with Crippen LogP contribution < -0.4 is 0 Å². The number of hydrogen-bond acceptors (Lipinski definition) is 6. The number of carbonyl (C=O) groups is 1. The first-order valence-corrected chi connectivity index (χ1v) is 10.5. The summed E-state index contributed by atoms with van der Waals surface area (Å²) >= 11 is 0. The Balaban J connectivity index is 1.42. The molecule has 2 saturated carbocycles. The lowest BCUT2D eigenvalue weighted by atomic mass is 9.83. The predicted octanol–water partition coefficient (Wildman–Crippen LogP) is 4.15. The number of amides is 1. The summed E-state index contributed by atoms with van der Waals surface area (Å²) in [6.07, 6.45) is 9.47. The van der Waals surface area contributed by atoms with Crippen molar-refractivity contribution in [3.8, 4) is 11.4 Å². The third-order valence-corrected chi connectivity index (χ3v) is 6.12. The minimum absolute atomic E-state index is 0.0232. The summed E-state index contributed by atoms with van der Waals surface area (Å²) in [7, 11) is 0. The minimum atomic E-state index is -0.440. The second-order valence-corrected chi connectivity index (χ2v) is 8.02. The van der Waals surface area contributed by atoms with E-state index in [2.05, 4.69) is 15.0 Å². The van der Waals surface area contributed by atoms with Crippen molar-refractivity contribution in [3.63, 3.8) is 0 Å². The number of benzene rings is 1. The van der Waals surface area contributed by atoms with Gasteiger partial charge in [0.05, 0.1) is 4.92 Å². The molecule has 0 atom stereocenters. The Bertz CT molecular complexity index is 854. The van der Waals surface area contributed by atoms with Gasteiger partial charge in [-0.1, -0.05) is 30.8 Å². The Morgan fingerprint density at radius 1 is 1.10 bits per heavy atom. The second kappa shape index (κ2) is 8.71. The lowest BCUT2D eigenvalue weighted by molar-refractivity contribution is -0.384. The molecule has 154 valence electrons. The Morgan fingerprint density at radius 2 is 1.83 bits per heavy atom. The molecule has 1 amide bonds. The lowest BCUT2D eigenvalue weighted by Gasteiger charge is -2.38. The van der Waals surface area contributed by atoms with Crippen molar-refractivity contribution in [1.29, 1.82) is 0 Å². The summed E-state index contributed by atoms with van der Waals surface area (Å²) in [4.78, 5) is 29.8. The molecule has 0 spiro atoms. The quantitative estimate of drug-likeness (QED) is 0.513. The van der Waals surface area contributed by atoms with Crippen LogP contribution in [-0.4, -0.2) is 38.5 Å². The molecule has 8 nitrogen and oxygen atoms in total. The smallest absolute Gasteiger partial charge is 0.269 e. The van der Waals surface area contributed by atoms with Gasteiger partial charge in [-0.05, 0) is 37.8 Å². The maximum Gasteiger partial charge on any atom is 0.269 e. The third-order valence-electron chi connectivity index (χ3n) is 6.12. The molecule has 8 heteroatoms. The van der Waals surface area contributed by atoms with Crippen LogP contribution in [0.15, 0.2) is 28.8 Å². The van der Waals surface area contributed by atoms with Gasteiger partial charge < -0.3 is 9.42 Å². The van der Waals surface area contributed by atoms with Crippen LogP contribution in [0.4, 0.5) is 5.69 Å². The zero-order chi connectivity index (χ0) is 20.2. The highest BCUT2D eigenvalue weighted by atomic mass is 16.6. The lowest BCUT2D eigenvalue weighted by Crippen LogP contribution is -2.47. The normalized spacial score (nSPS) is 17.7. The number of nitro groups is 1. The standard InChI is InChI=1S/C21H26N4O4/c26-21(16-5-4-6-16)24(17-7-2-1-3-8-17)14-13-19-22-20(23-29-19)15-9-11-18(12-10-15)25(27)28/h9-12,16-17H,1-8,13-14H2. The predicted molar refractivity (Wildman–Crippen MR) is 106 cm³/mol. The van der Waals surface area contributed by atoms with Crippen molar-refractivity contribution >= 4 is 11.6 Å². The first-order valence-electron chi connectivity index (χ1n) is 10.5. The molecule has 2 aromatic rings. The Labute approximate surface area is 169 Å². The Morgan fingerprint density at radius 3 is 2.45 bits per heavy atom. The largest absolute Gasteiger partial charge is 0.339 e. The minimum Gasteiger partial charge on any atom is -0.339 e. The van der Waals surface area contributed by atoms with Crippen molar-refractivity contribution in [3.05, 3.63) is 40.3 Å². The molecule has 1 heterocycles. The molecule has 0 N–H and O–H groups in total. The Hall–Kier alpha value is -2.77. The molecule has 2 aliphatic carbocycles. The first-order chi connectivity index (χ1) is 14.1. The molecular formula is C21H26N4O4. The zero-order valence-corrected chi connectivity index (χ0v) is 16.5. The third kappa shape index (κ3) is 4.46. The molecule has 2 aliphatic rings. The number of aromatic nitrogens is 2. The van der Waals surface area contributed by atoms with E-state index >= 15 is 0 Å². The highest BCUT2D eigenvalue weighted by Crippen LogP contribution is 2.31. The van der Waals surface area contributed by atoms with Gasteiger partial charge in [-0.2, -0.15) is 4.98 Å². The average molecular weight is 398 g/mol. The molecule has 0 saturated heterocycles.